The van der Waals surface area contributed by atoms with E-state index >= 15 is 0 Å². The first-order chi connectivity index (χ1) is 10.1. The Bertz CT molecular complexity index is 659. The molecule has 0 atom stereocenters. The summed E-state index contributed by atoms with van der Waals surface area (Å²) in [6.45, 7) is -0.137. The van der Waals surface area contributed by atoms with Crippen LogP contribution in [0.3, 0.4) is 0 Å². The Hall–Kier alpha value is -2.11. The lowest BCUT2D eigenvalue weighted by Gasteiger charge is -2.10. The SMILES string of the molecule is NC(=S)c1ccccc1OCC(=O)Nc1ccc(Cl)cc1. The maximum Gasteiger partial charge on any atom is 0.262 e. The van der Waals surface area contributed by atoms with Crippen LogP contribution in [0.4, 0.5) is 5.69 Å². The van der Waals surface area contributed by atoms with E-state index < -0.39 is 0 Å². The number of benzene rings is 2. The van der Waals surface area contributed by atoms with Gasteiger partial charge in [0.25, 0.3) is 5.91 Å². The summed E-state index contributed by atoms with van der Waals surface area (Å²) in [6.07, 6.45) is 0. The lowest BCUT2D eigenvalue weighted by atomic mass is 10.2. The van der Waals surface area contributed by atoms with Crippen molar-refractivity contribution in [1.82, 2.24) is 0 Å². The monoisotopic (exact) mass is 320 g/mol. The molecule has 1 amide bonds. The molecule has 0 aromatic heterocycles. The highest BCUT2D eigenvalue weighted by molar-refractivity contribution is 7.80. The highest BCUT2D eigenvalue weighted by atomic mass is 35.5. The molecule has 21 heavy (non-hydrogen) atoms. The third kappa shape index (κ3) is 4.44. The molecular formula is C15H13ClN2O2S. The van der Waals surface area contributed by atoms with Gasteiger partial charge in [0.05, 0.1) is 5.56 Å². The van der Waals surface area contributed by atoms with E-state index in [1.165, 1.54) is 0 Å². The Morgan fingerprint density at radius 2 is 1.86 bits per heavy atom. The van der Waals surface area contributed by atoms with Crippen molar-refractivity contribution in [2.45, 2.75) is 0 Å². The fourth-order valence-corrected chi connectivity index (χ4v) is 1.96. The first kappa shape index (κ1) is 15.3. The molecule has 0 unspecified atom stereocenters. The molecule has 108 valence electrons. The molecule has 0 spiro atoms. The van der Waals surface area contributed by atoms with E-state index in [-0.39, 0.29) is 17.5 Å². The molecule has 0 fully saturated rings. The maximum absolute atomic E-state index is 11.8. The summed E-state index contributed by atoms with van der Waals surface area (Å²) >= 11 is 10.7. The molecule has 0 saturated carbocycles. The van der Waals surface area contributed by atoms with Crippen molar-refractivity contribution in [2.24, 2.45) is 5.73 Å². The van der Waals surface area contributed by atoms with Crippen LogP contribution < -0.4 is 15.8 Å². The molecule has 2 aromatic carbocycles. The Morgan fingerprint density at radius 3 is 2.52 bits per heavy atom. The zero-order chi connectivity index (χ0) is 15.2. The van der Waals surface area contributed by atoms with Crippen molar-refractivity contribution in [3.63, 3.8) is 0 Å². The number of amides is 1. The fraction of sp³-hybridized carbons (Fsp3) is 0.0667. The number of nitrogens with one attached hydrogen (secondary N) is 1. The molecule has 0 saturated heterocycles. The number of hydrogen-bond acceptors (Lipinski definition) is 3. The van der Waals surface area contributed by atoms with E-state index in [4.69, 9.17) is 34.3 Å². The van der Waals surface area contributed by atoms with E-state index in [1.54, 1.807) is 48.5 Å². The highest BCUT2D eigenvalue weighted by Gasteiger charge is 2.08. The van der Waals surface area contributed by atoms with Gasteiger partial charge in [-0.3, -0.25) is 4.79 Å². The molecular weight excluding hydrogens is 308 g/mol. The van der Waals surface area contributed by atoms with E-state index in [9.17, 15) is 4.79 Å². The number of ether oxygens (including phenoxy) is 1. The van der Waals surface area contributed by atoms with Crippen molar-refractivity contribution in [2.75, 3.05) is 11.9 Å². The first-order valence-electron chi connectivity index (χ1n) is 6.13. The van der Waals surface area contributed by atoms with Crippen molar-refractivity contribution >= 4 is 40.4 Å². The van der Waals surface area contributed by atoms with Crippen LogP contribution in [0.2, 0.25) is 5.02 Å². The molecule has 0 bridgehead atoms. The third-order valence-electron chi connectivity index (χ3n) is 2.64. The molecule has 0 aliphatic carbocycles. The normalized spacial score (nSPS) is 9.95. The summed E-state index contributed by atoms with van der Waals surface area (Å²) in [5, 5.41) is 3.31. The van der Waals surface area contributed by atoms with Gasteiger partial charge < -0.3 is 15.8 Å². The number of anilines is 1. The van der Waals surface area contributed by atoms with Crippen LogP contribution in [0.1, 0.15) is 5.56 Å². The minimum Gasteiger partial charge on any atom is -0.483 e. The summed E-state index contributed by atoms with van der Waals surface area (Å²) in [5.41, 5.74) is 6.85. The number of hydrogen-bond donors (Lipinski definition) is 2. The summed E-state index contributed by atoms with van der Waals surface area (Å²) in [7, 11) is 0. The lowest BCUT2D eigenvalue weighted by molar-refractivity contribution is -0.118. The summed E-state index contributed by atoms with van der Waals surface area (Å²) in [4.78, 5) is 12.0. The number of carbonyl (C=O) groups is 1. The van der Waals surface area contributed by atoms with E-state index in [0.717, 1.165) is 0 Å². The predicted molar refractivity (Wildman–Crippen MR) is 87.9 cm³/mol. The quantitative estimate of drug-likeness (QED) is 0.831. The second-order valence-corrected chi connectivity index (χ2v) is 5.08. The third-order valence-corrected chi connectivity index (χ3v) is 3.11. The summed E-state index contributed by atoms with van der Waals surface area (Å²) in [6, 6.07) is 13.9. The van der Waals surface area contributed by atoms with Crippen molar-refractivity contribution in [3.05, 3.63) is 59.1 Å². The summed E-state index contributed by atoms with van der Waals surface area (Å²) < 4.78 is 5.45. The zero-order valence-corrected chi connectivity index (χ0v) is 12.6. The van der Waals surface area contributed by atoms with E-state index in [1.807, 2.05) is 0 Å². The van der Waals surface area contributed by atoms with Gasteiger partial charge in [-0.25, -0.2) is 0 Å². The van der Waals surface area contributed by atoms with E-state index in [2.05, 4.69) is 5.32 Å². The topological polar surface area (TPSA) is 64.3 Å². The Labute approximate surface area is 132 Å². The van der Waals surface area contributed by atoms with Crippen LogP contribution in [0, 0.1) is 0 Å². The molecule has 6 heteroatoms. The van der Waals surface area contributed by atoms with Gasteiger partial charge in [0.1, 0.15) is 10.7 Å². The number of nitrogens with two attached hydrogens (primary N) is 1. The fourth-order valence-electron chi connectivity index (χ4n) is 1.67. The standard InChI is InChI=1S/C15H13ClN2O2S/c16-10-5-7-11(8-6-10)18-14(19)9-20-13-4-2-1-3-12(13)15(17)21/h1-8H,9H2,(H2,17,21)(H,18,19). The highest BCUT2D eigenvalue weighted by Crippen LogP contribution is 2.18. The molecule has 0 aliphatic heterocycles. The second-order valence-electron chi connectivity index (χ2n) is 4.20. The molecule has 0 radical (unpaired) electrons. The minimum absolute atomic E-state index is 0.137. The molecule has 0 aliphatic rings. The zero-order valence-electron chi connectivity index (χ0n) is 11.0. The van der Waals surface area contributed by atoms with Crippen LogP contribution in [-0.4, -0.2) is 17.5 Å². The lowest BCUT2D eigenvalue weighted by Crippen LogP contribution is -2.21. The number of carbonyl (C=O) groups excluding carboxylic acids is 1. The number of para-hydroxylation sites is 1. The van der Waals surface area contributed by atoms with Crippen LogP contribution in [0.25, 0.3) is 0 Å². The number of halogens is 1. The molecule has 2 rings (SSSR count). The van der Waals surface area contributed by atoms with Crippen molar-refractivity contribution < 1.29 is 9.53 Å². The van der Waals surface area contributed by atoms with Gasteiger partial charge >= 0.3 is 0 Å². The first-order valence-corrected chi connectivity index (χ1v) is 6.92. The number of rotatable bonds is 5. The molecule has 0 heterocycles. The smallest absolute Gasteiger partial charge is 0.262 e. The summed E-state index contributed by atoms with van der Waals surface area (Å²) in [5.74, 6) is 0.200. The van der Waals surface area contributed by atoms with Crippen LogP contribution in [0.5, 0.6) is 5.75 Å². The Kier molecular flexibility index (Phi) is 5.14. The van der Waals surface area contributed by atoms with Crippen LogP contribution >= 0.6 is 23.8 Å². The van der Waals surface area contributed by atoms with Gasteiger partial charge in [-0.05, 0) is 36.4 Å². The molecule has 2 aromatic rings. The largest absolute Gasteiger partial charge is 0.483 e. The predicted octanol–water partition coefficient (Wildman–Crippen LogP) is 2.99. The Morgan fingerprint density at radius 1 is 1.19 bits per heavy atom. The van der Waals surface area contributed by atoms with Gasteiger partial charge in [0.2, 0.25) is 0 Å². The minimum atomic E-state index is -0.282. The van der Waals surface area contributed by atoms with Gasteiger partial charge in [-0.1, -0.05) is 36.0 Å². The number of thiocarbonyl (C=S) groups is 1. The molecule has 3 N–H and O–H groups in total. The van der Waals surface area contributed by atoms with Crippen LogP contribution in [-0.2, 0) is 4.79 Å². The van der Waals surface area contributed by atoms with Crippen LogP contribution in [0.15, 0.2) is 48.5 Å². The van der Waals surface area contributed by atoms with Gasteiger partial charge in [-0.15, -0.1) is 0 Å². The Balaban J connectivity index is 1.95. The average molecular weight is 321 g/mol. The average Bonchev–Trinajstić information content (AvgIpc) is 2.48. The maximum atomic E-state index is 11.8. The van der Waals surface area contributed by atoms with Gasteiger partial charge in [0.15, 0.2) is 6.61 Å². The second kappa shape index (κ2) is 7.06. The van der Waals surface area contributed by atoms with Gasteiger partial charge in [-0.2, -0.15) is 0 Å². The molecule has 4 nitrogen and oxygen atoms in total. The van der Waals surface area contributed by atoms with Crippen molar-refractivity contribution in [1.29, 1.82) is 0 Å². The van der Waals surface area contributed by atoms with Crippen molar-refractivity contribution in [3.8, 4) is 5.75 Å². The van der Waals surface area contributed by atoms with E-state index in [0.29, 0.717) is 22.0 Å². The van der Waals surface area contributed by atoms with Gasteiger partial charge in [0, 0.05) is 10.7 Å².